The lowest BCUT2D eigenvalue weighted by Crippen LogP contribution is -2.24. The smallest absolute Gasteiger partial charge is 0.263 e. The Balaban J connectivity index is 1.86. The fraction of sp³-hybridized carbons (Fsp3) is 0.143. The highest BCUT2D eigenvalue weighted by Crippen LogP contribution is 2.32. The Morgan fingerprint density at radius 3 is 2.50 bits per heavy atom. The van der Waals surface area contributed by atoms with Gasteiger partial charge in [-0.2, -0.15) is 0 Å². The molecule has 0 aliphatic carbocycles. The van der Waals surface area contributed by atoms with Gasteiger partial charge in [-0.3, -0.25) is 9.36 Å². The maximum absolute atomic E-state index is 13.2. The number of hydrogen-bond acceptors (Lipinski definition) is 4. The lowest BCUT2D eigenvalue weighted by atomic mass is 10.1. The van der Waals surface area contributed by atoms with Crippen LogP contribution in [0.25, 0.3) is 21.3 Å². The summed E-state index contributed by atoms with van der Waals surface area (Å²) in [6.45, 7) is 2.41. The zero-order valence-electron chi connectivity index (χ0n) is 14.6. The van der Waals surface area contributed by atoms with Gasteiger partial charge in [0.05, 0.1) is 19.0 Å². The summed E-state index contributed by atoms with van der Waals surface area (Å²) in [6.07, 6.45) is 0. The third kappa shape index (κ3) is 2.91. The zero-order chi connectivity index (χ0) is 18.1. The summed E-state index contributed by atoms with van der Waals surface area (Å²) in [7, 11) is 1.64. The molecule has 4 rings (SSSR count). The second-order valence-corrected chi connectivity index (χ2v) is 6.95. The van der Waals surface area contributed by atoms with Gasteiger partial charge in [0.25, 0.3) is 5.56 Å². The van der Waals surface area contributed by atoms with Crippen LogP contribution in [-0.2, 0) is 6.54 Å². The number of aryl methyl sites for hydroxylation is 1. The van der Waals surface area contributed by atoms with Crippen LogP contribution in [0.3, 0.4) is 0 Å². The summed E-state index contributed by atoms with van der Waals surface area (Å²) in [5.41, 5.74) is 3.00. The van der Waals surface area contributed by atoms with Crippen molar-refractivity contribution in [2.24, 2.45) is 0 Å². The fourth-order valence-corrected chi connectivity index (χ4v) is 4.04. The summed E-state index contributed by atoms with van der Waals surface area (Å²) in [4.78, 5) is 18.7. The quantitative estimate of drug-likeness (QED) is 0.537. The molecule has 2 heterocycles. The standard InChI is InChI=1S/C21H18N2O2S/c1-14-22-20-19(21(24)23(14)12-15-6-4-3-5-7-15)18(13-26-20)16-8-10-17(25-2)11-9-16/h3-11,13H,12H2,1-2H3. The van der Waals surface area contributed by atoms with Crippen molar-refractivity contribution >= 4 is 21.6 Å². The minimum absolute atomic E-state index is 0.00317. The summed E-state index contributed by atoms with van der Waals surface area (Å²) in [5.74, 6) is 1.53. The van der Waals surface area contributed by atoms with Gasteiger partial charge in [0.15, 0.2) is 0 Å². The van der Waals surface area contributed by atoms with E-state index in [4.69, 9.17) is 4.74 Å². The van der Waals surface area contributed by atoms with Crippen LogP contribution in [0.15, 0.2) is 64.8 Å². The summed E-state index contributed by atoms with van der Waals surface area (Å²) in [5, 5.41) is 2.69. The highest BCUT2D eigenvalue weighted by molar-refractivity contribution is 7.17. The number of methoxy groups -OCH3 is 1. The second kappa shape index (κ2) is 6.77. The van der Waals surface area contributed by atoms with Crippen LogP contribution in [0.1, 0.15) is 11.4 Å². The Morgan fingerprint density at radius 2 is 1.81 bits per heavy atom. The maximum atomic E-state index is 13.2. The number of nitrogens with zero attached hydrogens (tertiary/aromatic N) is 2. The van der Waals surface area contributed by atoms with Gasteiger partial charge in [0.2, 0.25) is 0 Å². The Hall–Kier alpha value is -2.92. The van der Waals surface area contributed by atoms with E-state index < -0.39 is 0 Å². The molecule has 0 amide bonds. The first kappa shape index (κ1) is 16.5. The molecule has 0 N–H and O–H groups in total. The highest BCUT2D eigenvalue weighted by Gasteiger charge is 2.15. The largest absolute Gasteiger partial charge is 0.497 e. The van der Waals surface area contributed by atoms with Crippen LogP contribution < -0.4 is 10.3 Å². The molecule has 0 atom stereocenters. The SMILES string of the molecule is COc1ccc(-c2csc3nc(C)n(Cc4ccccc4)c(=O)c23)cc1. The fourth-order valence-electron chi connectivity index (χ4n) is 3.06. The lowest BCUT2D eigenvalue weighted by Gasteiger charge is -2.10. The van der Waals surface area contributed by atoms with E-state index in [1.807, 2.05) is 66.9 Å². The first-order valence-corrected chi connectivity index (χ1v) is 9.22. The molecule has 0 spiro atoms. The first-order valence-electron chi connectivity index (χ1n) is 8.34. The van der Waals surface area contributed by atoms with Crippen molar-refractivity contribution in [3.63, 3.8) is 0 Å². The Bertz CT molecular complexity index is 1110. The van der Waals surface area contributed by atoms with Crippen LogP contribution in [0, 0.1) is 6.92 Å². The maximum Gasteiger partial charge on any atom is 0.263 e. The topological polar surface area (TPSA) is 44.1 Å². The number of ether oxygens (including phenoxy) is 1. The number of rotatable bonds is 4. The van der Waals surface area contributed by atoms with E-state index in [0.29, 0.717) is 11.9 Å². The van der Waals surface area contributed by atoms with Crippen molar-refractivity contribution in [3.8, 4) is 16.9 Å². The molecule has 4 nitrogen and oxygen atoms in total. The number of fused-ring (bicyclic) bond motifs is 1. The number of benzene rings is 2. The minimum Gasteiger partial charge on any atom is -0.497 e. The van der Waals surface area contributed by atoms with Gasteiger partial charge >= 0.3 is 0 Å². The summed E-state index contributed by atoms with van der Waals surface area (Å²) in [6, 6.07) is 17.7. The molecular weight excluding hydrogens is 344 g/mol. The number of thiophene rings is 1. The van der Waals surface area contributed by atoms with Gasteiger partial charge in [0.1, 0.15) is 16.4 Å². The Kier molecular flexibility index (Phi) is 4.31. The first-order chi connectivity index (χ1) is 12.7. The van der Waals surface area contributed by atoms with Crippen LogP contribution in [0.5, 0.6) is 5.75 Å². The van der Waals surface area contributed by atoms with Crippen molar-refractivity contribution in [1.82, 2.24) is 9.55 Å². The summed E-state index contributed by atoms with van der Waals surface area (Å²) >= 11 is 1.51. The molecule has 26 heavy (non-hydrogen) atoms. The van der Waals surface area contributed by atoms with Gasteiger partial charge in [-0.25, -0.2) is 4.98 Å². The van der Waals surface area contributed by atoms with E-state index in [2.05, 4.69) is 4.98 Å². The molecule has 0 bridgehead atoms. The molecule has 2 aromatic heterocycles. The van der Waals surface area contributed by atoms with Crippen molar-refractivity contribution in [3.05, 3.63) is 81.7 Å². The molecule has 130 valence electrons. The van der Waals surface area contributed by atoms with Crippen molar-refractivity contribution in [2.45, 2.75) is 13.5 Å². The normalized spacial score (nSPS) is 11.0. The molecular formula is C21H18N2O2S. The van der Waals surface area contributed by atoms with E-state index in [1.165, 1.54) is 11.3 Å². The van der Waals surface area contributed by atoms with Gasteiger partial charge in [-0.15, -0.1) is 11.3 Å². The van der Waals surface area contributed by atoms with Crippen LogP contribution >= 0.6 is 11.3 Å². The van der Waals surface area contributed by atoms with E-state index in [0.717, 1.165) is 33.1 Å². The third-order valence-electron chi connectivity index (χ3n) is 4.47. The van der Waals surface area contributed by atoms with Gasteiger partial charge < -0.3 is 4.74 Å². The molecule has 0 saturated heterocycles. The third-order valence-corrected chi connectivity index (χ3v) is 5.34. The molecule has 0 unspecified atom stereocenters. The molecule has 2 aromatic carbocycles. The minimum atomic E-state index is 0.00317. The monoisotopic (exact) mass is 362 g/mol. The lowest BCUT2D eigenvalue weighted by molar-refractivity contribution is 0.415. The number of hydrogen-bond donors (Lipinski definition) is 0. The van der Waals surface area contributed by atoms with Gasteiger partial charge in [-0.1, -0.05) is 42.5 Å². The average molecular weight is 362 g/mol. The van der Waals surface area contributed by atoms with E-state index in [-0.39, 0.29) is 5.56 Å². The molecule has 0 aliphatic rings. The molecule has 0 aliphatic heterocycles. The van der Waals surface area contributed by atoms with E-state index in [9.17, 15) is 4.79 Å². The van der Waals surface area contributed by atoms with Crippen molar-refractivity contribution < 1.29 is 4.74 Å². The van der Waals surface area contributed by atoms with Crippen molar-refractivity contribution in [1.29, 1.82) is 0 Å². The molecule has 0 fully saturated rings. The van der Waals surface area contributed by atoms with Crippen LogP contribution in [0.4, 0.5) is 0 Å². The zero-order valence-corrected chi connectivity index (χ0v) is 15.4. The predicted molar refractivity (Wildman–Crippen MR) is 106 cm³/mol. The summed E-state index contributed by atoms with van der Waals surface area (Å²) < 4.78 is 6.97. The highest BCUT2D eigenvalue weighted by atomic mass is 32.1. The van der Waals surface area contributed by atoms with Crippen LogP contribution in [-0.4, -0.2) is 16.7 Å². The number of aromatic nitrogens is 2. The molecule has 0 radical (unpaired) electrons. The Morgan fingerprint density at radius 1 is 1.08 bits per heavy atom. The molecule has 5 heteroatoms. The Labute approximate surface area is 155 Å². The van der Waals surface area contributed by atoms with Gasteiger partial charge in [-0.05, 0) is 30.2 Å². The molecule has 0 saturated carbocycles. The van der Waals surface area contributed by atoms with Crippen molar-refractivity contribution in [2.75, 3.05) is 7.11 Å². The van der Waals surface area contributed by atoms with Crippen LogP contribution in [0.2, 0.25) is 0 Å². The van der Waals surface area contributed by atoms with E-state index in [1.54, 1.807) is 11.7 Å². The average Bonchev–Trinajstić information content (AvgIpc) is 3.10. The molecule has 4 aromatic rings. The predicted octanol–water partition coefficient (Wildman–Crippen LogP) is 4.49. The van der Waals surface area contributed by atoms with E-state index >= 15 is 0 Å². The van der Waals surface area contributed by atoms with Gasteiger partial charge in [0, 0.05) is 10.9 Å². The second-order valence-electron chi connectivity index (χ2n) is 6.09.